The molecule has 1 aromatic rings. The zero-order valence-corrected chi connectivity index (χ0v) is 25.2. The molecule has 0 fully saturated rings. The minimum absolute atomic E-state index is 0.00350. The van der Waals surface area contributed by atoms with E-state index in [9.17, 15) is 32.7 Å². The van der Waals surface area contributed by atoms with Crippen LogP contribution in [0.2, 0.25) is 0 Å². The fourth-order valence-corrected chi connectivity index (χ4v) is 4.27. The number of benzene rings is 1. The van der Waals surface area contributed by atoms with Crippen LogP contribution in [0.4, 0.5) is 13.2 Å². The third kappa shape index (κ3) is 11.2. The highest BCUT2D eigenvalue weighted by atomic mass is 19.4. The Morgan fingerprint density at radius 2 is 1.46 bits per heavy atom. The number of nitrogens with one attached hydrogen (secondary N) is 2. The molecule has 1 rings (SSSR count). The molecule has 0 aliphatic carbocycles. The van der Waals surface area contributed by atoms with Crippen LogP contribution in [0.15, 0.2) is 42.0 Å². The zero-order chi connectivity index (χ0) is 32.3. The van der Waals surface area contributed by atoms with Gasteiger partial charge in [-0.15, -0.1) is 0 Å². The average molecular weight is 588 g/mol. The Hall–Kier alpha value is -3.41. The van der Waals surface area contributed by atoms with Crippen molar-refractivity contribution in [1.29, 1.82) is 0 Å². The van der Waals surface area contributed by atoms with Crippen LogP contribution >= 0.6 is 0 Å². The number of rotatable bonds is 12. The molecular formula is C29H44F3N3O6. The van der Waals surface area contributed by atoms with Crippen LogP contribution in [0.1, 0.15) is 61.0 Å². The molecule has 9 nitrogen and oxygen atoms in total. The summed E-state index contributed by atoms with van der Waals surface area (Å²) in [6, 6.07) is 8.11. The summed E-state index contributed by atoms with van der Waals surface area (Å²) in [6.07, 6.45) is -3.46. The minimum Gasteiger partial charge on any atom is -0.478 e. The number of carbonyl (C=O) groups excluding carboxylic acids is 2. The Labute approximate surface area is 240 Å². The maximum Gasteiger partial charge on any atom is 0.490 e. The molecule has 3 atom stereocenters. The van der Waals surface area contributed by atoms with Gasteiger partial charge in [0.05, 0.1) is 12.1 Å². The van der Waals surface area contributed by atoms with E-state index in [2.05, 4.69) is 10.6 Å². The molecule has 0 aliphatic rings. The summed E-state index contributed by atoms with van der Waals surface area (Å²) in [7, 11) is 1.74. The van der Waals surface area contributed by atoms with E-state index in [4.69, 9.17) is 9.90 Å². The van der Waals surface area contributed by atoms with Gasteiger partial charge in [-0.25, -0.2) is 9.59 Å². The van der Waals surface area contributed by atoms with Gasteiger partial charge in [0.25, 0.3) is 0 Å². The lowest BCUT2D eigenvalue weighted by molar-refractivity contribution is -0.192. The molecule has 4 N–H and O–H groups in total. The number of aliphatic carboxylic acids is 2. The molecule has 0 saturated heterocycles. The summed E-state index contributed by atoms with van der Waals surface area (Å²) in [5.74, 6) is -4.39. The number of halogens is 3. The summed E-state index contributed by atoms with van der Waals surface area (Å²) >= 11 is 0. The minimum atomic E-state index is -5.08. The van der Waals surface area contributed by atoms with Crippen LogP contribution in [0.5, 0.6) is 0 Å². The van der Waals surface area contributed by atoms with Gasteiger partial charge in [-0.1, -0.05) is 78.0 Å². The Kier molecular flexibility index (Phi) is 14.8. The standard InChI is InChI=1S/C27H43N3O4.C2HF3O2/c1-10-30(21(17(2)3)16-19(6)26(33)34)25(32)22(18(4)5)29-24(31)23(28-9)27(7,8)20-14-12-11-13-15-20;3-2(4,5)1(6)7/h11-18,21-23,28H,10H2,1-9H3,(H,29,31)(H,33,34);(H,6,7)/b19-16+;/t21-,22+,23-;/m1./s1. The second-order valence-electron chi connectivity index (χ2n) is 10.9. The summed E-state index contributed by atoms with van der Waals surface area (Å²) in [4.78, 5) is 49.1. The number of carboxylic acids is 2. The number of carboxylic acid groups (broad SMARTS) is 2. The first kappa shape index (κ1) is 37.6. The van der Waals surface area contributed by atoms with E-state index in [0.717, 1.165) is 5.56 Å². The molecule has 0 heterocycles. The second kappa shape index (κ2) is 16.1. The average Bonchev–Trinajstić information content (AvgIpc) is 2.87. The topological polar surface area (TPSA) is 136 Å². The number of nitrogens with zero attached hydrogens (tertiary/aromatic N) is 1. The van der Waals surface area contributed by atoms with Crippen molar-refractivity contribution in [2.45, 2.75) is 85.1 Å². The number of likely N-dealkylation sites (N-methyl/N-ethyl adjacent to an activating group) is 2. The molecule has 0 bridgehead atoms. The maximum absolute atomic E-state index is 13.7. The molecule has 1 aromatic carbocycles. The maximum atomic E-state index is 13.7. The van der Waals surface area contributed by atoms with Gasteiger partial charge in [0, 0.05) is 17.5 Å². The van der Waals surface area contributed by atoms with Crippen LogP contribution in [-0.4, -0.2) is 76.8 Å². The van der Waals surface area contributed by atoms with E-state index in [-0.39, 0.29) is 29.2 Å². The van der Waals surface area contributed by atoms with Gasteiger partial charge >= 0.3 is 18.1 Å². The van der Waals surface area contributed by atoms with Crippen LogP contribution in [0.25, 0.3) is 0 Å². The smallest absolute Gasteiger partial charge is 0.478 e. The van der Waals surface area contributed by atoms with Crippen LogP contribution in [-0.2, 0) is 24.6 Å². The SMILES string of the molecule is CCN(C(=O)[C@@H](NC(=O)[C@@H](NC)C(C)(C)c1ccccc1)C(C)C)[C@H](/C=C(\C)C(=O)O)C(C)C.O=C(O)C(F)(F)F. The van der Waals surface area contributed by atoms with E-state index in [1.165, 1.54) is 6.92 Å². The van der Waals surface area contributed by atoms with Gasteiger partial charge in [-0.2, -0.15) is 13.2 Å². The summed E-state index contributed by atoms with van der Waals surface area (Å²) < 4.78 is 31.7. The Bertz CT molecular complexity index is 1060. The first-order valence-corrected chi connectivity index (χ1v) is 13.3. The van der Waals surface area contributed by atoms with Crippen molar-refractivity contribution in [1.82, 2.24) is 15.5 Å². The molecule has 0 radical (unpaired) electrons. The normalized spacial score (nSPS) is 14.4. The molecule has 0 spiro atoms. The Morgan fingerprint density at radius 3 is 1.80 bits per heavy atom. The third-order valence-corrected chi connectivity index (χ3v) is 6.69. The van der Waals surface area contributed by atoms with Crippen LogP contribution < -0.4 is 10.6 Å². The molecule has 0 aromatic heterocycles. The molecule has 41 heavy (non-hydrogen) atoms. The molecular weight excluding hydrogens is 543 g/mol. The van der Waals surface area contributed by atoms with Gasteiger partial charge < -0.3 is 25.7 Å². The van der Waals surface area contributed by atoms with Crippen molar-refractivity contribution >= 4 is 23.8 Å². The number of carbonyl (C=O) groups is 4. The fourth-order valence-electron chi connectivity index (χ4n) is 4.27. The van der Waals surface area contributed by atoms with Gasteiger partial charge in [-0.05, 0) is 38.3 Å². The van der Waals surface area contributed by atoms with Gasteiger partial charge in [0.1, 0.15) is 6.04 Å². The number of hydrogen-bond donors (Lipinski definition) is 4. The molecule has 12 heteroatoms. The van der Waals surface area contributed by atoms with Crippen molar-refractivity contribution in [3.05, 3.63) is 47.5 Å². The van der Waals surface area contributed by atoms with Gasteiger partial charge in [0.2, 0.25) is 11.8 Å². The predicted octanol–water partition coefficient (Wildman–Crippen LogP) is 4.23. The molecule has 0 saturated carbocycles. The van der Waals surface area contributed by atoms with Crippen LogP contribution in [0, 0.1) is 11.8 Å². The highest BCUT2D eigenvalue weighted by molar-refractivity contribution is 5.91. The fraction of sp³-hybridized carbons (Fsp3) is 0.586. The predicted molar refractivity (Wildman–Crippen MR) is 150 cm³/mol. The van der Waals surface area contributed by atoms with E-state index in [0.29, 0.717) is 6.54 Å². The van der Waals surface area contributed by atoms with Crippen molar-refractivity contribution in [2.24, 2.45) is 11.8 Å². The zero-order valence-electron chi connectivity index (χ0n) is 25.2. The summed E-state index contributed by atoms with van der Waals surface area (Å²) in [5.41, 5.74) is 0.688. The number of alkyl halides is 3. The molecule has 0 aliphatic heterocycles. The van der Waals surface area contributed by atoms with Gasteiger partial charge in [-0.3, -0.25) is 9.59 Å². The second-order valence-corrected chi connectivity index (χ2v) is 10.9. The monoisotopic (exact) mass is 587 g/mol. The van der Waals surface area contributed by atoms with E-state index in [1.54, 1.807) is 18.0 Å². The highest BCUT2D eigenvalue weighted by Gasteiger charge is 2.39. The molecule has 2 amide bonds. The van der Waals surface area contributed by atoms with Crippen molar-refractivity contribution in [3.63, 3.8) is 0 Å². The highest BCUT2D eigenvalue weighted by Crippen LogP contribution is 2.27. The lowest BCUT2D eigenvalue weighted by Crippen LogP contribution is -2.60. The number of amides is 2. The third-order valence-electron chi connectivity index (χ3n) is 6.69. The van der Waals surface area contributed by atoms with Crippen molar-refractivity contribution in [3.8, 4) is 0 Å². The largest absolute Gasteiger partial charge is 0.490 e. The molecule has 0 unspecified atom stereocenters. The van der Waals surface area contributed by atoms with Crippen molar-refractivity contribution in [2.75, 3.05) is 13.6 Å². The Morgan fingerprint density at radius 1 is 0.976 bits per heavy atom. The lowest BCUT2D eigenvalue weighted by Gasteiger charge is -2.38. The lowest BCUT2D eigenvalue weighted by atomic mass is 9.77. The van der Waals surface area contributed by atoms with E-state index in [1.807, 2.05) is 78.8 Å². The van der Waals surface area contributed by atoms with Crippen LogP contribution in [0.3, 0.4) is 0 Å². The summed E-state index contributed by atoms with van der Waals surface area (Å²) in [5, 5.41) is 22.6. The van der Waals surface area contributed by atoms with Crippen molar-refractivity contribution < 1.29 is 42.6 Å². The van der Waals surface area contributed by atoms with E-state index < -0.39 is 41.7 Å². The quantitative estimate of drug-likeness (QED) is 0.269. The summed E-state index contributed by atoms with van der Waals surface area (Å²) in [6.45, 7) is 15.5. The first-order chi connectivity index (χ1) is 18.7. The first-order valence-electron chi connectivity index (χ1n) is 13.3. The Balaban J connectivity index is 0.00000201. The number of hydrogen-bond acceptors (Lipinski definition) is 5. The van der Waals surface area contributed by atoms with E-state index >= 15 is 0 Å². The molecule has 232 valence electrons. The van der Waals surface area contributed by atoms with Gasteiger partial charge in [0.15, 0.2) is 0 Å².